The Morgan fingerprint density at radius 1 is 1.14 bits per heavy atom. The molecule has 194 valence electrons. The van der Waals surface area contributed by atoms with Crippen LogP contribution in [0.25, 0.3) is 5.69 Å². The monoisotopic (exact) mass is 541 g/mol. The molecule has 10 nitrogen and oxygen atoms in total. The van der Waals surface area contributed by atoms with Crippen LogP contribution in [0.4, 0.5) is 8.78 Å². The topological polar surface area (TPSA) is 126 Å². The molecule has 1 saturated carbocycles. The summed E-state index contributed by atoms with van der Waals surface area (Å²) in [4.78, 5) is 16.6. The third-order valence-corrected chi connectivity index (χ3v) is 9.17. The zero-order chi connectivity index (χ0) is 26.2. The van der Waals surface area contributed by atoms with E-state index in [4.69, 9.17) is 16.3 Å². The van der Waals surface area contributed by atoms with Gasteiger partial charge in [-0.2, -0.15) is 4.98 Å². The number of alkyl halides is 2. The lowest BCUT2D eigenvalue weighted by Crippen LogP contribution is -2.32. The van der Waals surface area contributed by atoms with Crippen LogP contribution in [0.2, 0.25) is 5.02 Å². The molecule has 1 fully saturated rings. The van der Waals surface area contributed by atoms with E-state index in [2.05, 4.69) is 30.1 Å². The smallest absolute Gasteiger partial charge is 0.242 e. The van der Waals surface area contributed by atoms with Crippen molar-refractivity contribution >= 4 is 21.4 Å². The van der Waals surface area contributed by atoms with E-state index in [9.17, 15) is 17.2 Å². The van der Waals surface area contributed by atoms with Crippen molar-refractivity contribution < 1.29 is 21.9 Å². The van der Waals surface area contributed by atoms with Gasteiger partial charge < -0.3 is 4.74 Å². The highest BCUT2D eigenvalue weighted by Crippen LogP contribution is 2.46. The lowest BCUT2D eigenvalue weighted by atomic mass is 9.73. The largest absolute Gasteiger partial charge is 0.479 e. The molecule has 4 rings (SSSR count). The van der Waals surface area contributed by atoms with E-state index in [0.29, 0.717) is 35.1 Å². The zero-order valence-electron chi connectivity index (χ0n) is 20.1. The zero-order valence-corrected chi connectivity index (χ0v) is 21.7. The highest BCUT2D eigenvalue weighted by molar-refractivity contribution is 7.91. The van der Waals surface area contributed by atoms with Crippen LogP contribution in [0, 0.1) is 12.8 Å². The van der Waals surface area contributed by atoms with Crippen LogP contribution in [0.3, 0.4) is 0 Å². The van der Waals surface area contributed by atoms with Crippen LogP contribution in [0.15, 0.2) is 18.7 Å². The Balaban J connectivity index is 1.76. The molecule has 3 aromatic rings. The molecule has 0 aliphatic heterocycles. The van der Waals surface area contributed by atoms with Crippen LogP contribution in [-0.4, -0.2) is 61.9 Å². The molecule has 1 aliphatic rings. The van der Waals surface area contributed by atoms with E-state index >= 15 is 0 Å². The minimum absolute atomic E-state index is 0.0668. The molecule has 14 heteroatoms. The van der Waals surface area contributed by atoms with Gasteiger partial charge in [-0.25, -0.2) is 32.2 Å². The third-order valence-electron chi connectivity index (χ3n) is 6.78. The van der Waals surface area contributed by atoms with Crippen molar-refractivity contribution in [3.05, 3.63) is 46.9 Å². The molecule has 3 heterocycles. The number of halogens is 3. The van der Waals surface area contributed by atoms with E-state index in [0.717, 1.165) is 0 Å². The van der Waals surface area contributed by atoms with Gasteiger partial charge in [0.05, 0.1) is 23.1 Å². The summed E-state index contributed by atoms with van der Waals surface area (Å²) in [6, 6.07) is 0. The van der Waals surface area contributed by atoms with Crippen LogP contribution >= 0.6 is 11.6 Å². The Hall–Kier alpha value is -2.80. The summed E-state index contributed by atoms with van der Waals surface area (Å²) in [7, 11) is -2.42. The first-order chi connectivity index (χ1) is 17.0. The number of hydrogen-bond donors (Lipinski definition) is 0. The number of nitrogens with zero attached hydrogens (tertiary/aromatic N) is 7. The van der Waals surface area contributed by atoms with Crippen molar-refractivity contribution in [2.45, 2.75) is 62.9 Å². The maximum absolute atomic E-state index is 13.6. The summed E-state index contributed by atoms with van der Waals surface area (Å²) in [6.45, 7) is 4.97. The second kappa shape index (κ2) is 10.3. The fourth-order valence-electron chi connectivity index (χ4n) is 4.30. The molecule has 1 aliphatic carbocycles. The van der Waals surface area contributed by atoms with Crippen LogP contribution in [-0.2, 0) is 15.6 Å². The van der Waals surface area contributed by atoms with Gasteiger partial charge in [0.25, 0.3) is 0 Å². The molecule has 0 bridgehead atoms. The predicted molar refractivity (Wildman–Crippen MR) is 127 cm³/mol. The summed E-state index contributed by atoms with van der Waals surface area (Å²) in [5, 5.41) is 7.78. The average Bonchev–Trinajstić information content (AvgIpc) is 3.18. The Bertz CT molecular complexity index is 1340. The SMILES string of the molecule is COc1ncnc(C)c1-n1c(CS(=O)(=O)[C@@H](C)[C@H](C)c2ncc(Cl)cn2)nnc1[C@@H]1CC[C@@H]1C(F)F. The van der Waals surface area contributed by atoms with Gasteiger partial charge in [-0.1, -0.05) is 18.5 Å². The van der Waals surface area contributed by atoms with Gasteiger partial charge in [0.15, 0.2) is 15.7 Å². The lowest BCUT2D eigenvalue weighted by Gasteiger charge is -2.35. The quantitative estimate of drug-likeness (QED) is 0.398. The van der Waals surface area contributed by atoms with E-state index in [-0.39, 0.29) is 17.5 Å². The second-order valence-corrected chi connectivity index (χ2v) is 11.7. The second-order valence-electron chi connectivity index (χ2n) is 8.87. The predicted octanol–water partition coefficient (Wildman–Crippen LogP) is 3.68. The molecule has 0 saturated heterocycles. The van der Waals surface area contributed by atoms with Gasteiger partial charge in [-0.3, -0.25) is 4.57 Å². The van der Waals surface area contributed by atoms with Gasteiger partial charge in [-0.15, -0.1) is 10.2 Å². The Labute approximate surface area is 212 Å². The summed E-state index contributed by atoms with van der Waals surface area (Å²) >= 11 is 5.85. The molecule has 0 radical (unpaired) electrons. The van der Waals surface area contributed by atoms with Crippen LogP contribution in [0.1, 0.15) is 61.7 Å². The molecule has 4 atom stereocenters. The number of sulfone groups is 1. The minimum atomic E-state index is -3.83. The first-order valence-corrected chi connectivity index (χ1v) is 13.4. The van der Waals surface area contributed by atoms with Crippen molar-refractivity contribution in [3.8, 4) is 11.6 Å². The maximum atomic E-state index is 13.6. The number of aryl methyl sites for hydroxylation is 1. The fourth-order valence-corrected chi connectivity index (χ4v) is 5.95. The van der Waals surface area contributed by atoms with Crippen LogP contribution < -0.4 is 4.74 Å². The molecule has 0 spiro atoms. The van der Waals surface area contributed by atoms with Gasteiger partial charge in [0, 0.05) is 30.1 Å². The van der Waals surface area contributed by atoms with Gasteiger partial charge in [0.2, 0.25) is 12.3 Å². The Morgan fingerprint density at radius 2 is 1.83 bits per heavy atom. The van der Waals surface area contributed by atoms with E-state index in [1.54, 1.807) is 20.8 Å². The average molecular weight is 542 g/mol. The highest BCUT2D eigenvalue weighted by atomic mass is 35.5. The molecular formula is C22H26ClF2N7O3S. The number of ether oxygens (including phenoxy) is 1. The molecule has 0 N–H and O–H groups in total. The summed E-state index contributed by atoms with van der Waals surface area (Å²) < 4.78 is 61.1. The van der Waals surface area contributed by atoms with Crippen molar-refractivity contribution in [1.29, 1.82) is 0 Å². The van der Waals surface area contributed by atoms with Crippen molar-refractivity contribution in [3.63, 3.8) is 0 Å². The van der Waals surface area contributed by atoms with E-state index in [1.165, 1.54) is 30.4 Å². The van der Waals surface area contributed by atoms with E-state index in [1.807, 2.05) is 0 Å². The first-order valence-electron chi connectivity index (χ1n) is 11.3. The molecule has 0 unspecified atom stereocenters. The van der Waals surface area contributed by atoms with Gasteiger partial charge in [-0.05, 0) is 26.7 Å². The third kappa shape index (κ3) is 4.90. The summed E-state index contributed by atoms with van der Waals surface area (Å²) in [6.07, 6.45) is 2.42. The summed E-state index contributed by atoms with van der Waals surface area (Å²) in [5.74, 6) is -1.72. The van der Waals surface area contributed by atoms with Gasteiger partial charge >= 0.3 is 0 Å². The lowest BCUT2D eigenvalue weighted by molar-refractivity contribution is 0.0138. The van der Waals surface area contributed by atoms with Crippen molar-refractivity contribution in [2.24, 2.45) is 5.92 Å². The van der Waals surface area contributed by atoms with Crippen LogP contribution in [0.5, 0.6) is 5.88 Å². The number of aromatic nitrogens is 7. The van der Waals surface area contributed by atoms with Crippen molar-refractivity contribution in [2.75, 3.05) is 7.11 Å². The molecular weight excluding hydrogens is 516 g/mol. The molecule has 0 aromatic carbocycles. The highest BCUT2D eigenvalue weighted by Gasteiger charge is 2.43. The fraction of sp³-hybridized carbons (Fsp3) is 0.545. The summed E-state index contributed by atoms with van der Waals surface area (Å²) in [5.41, 5.74) is 0.789. The van der Waals surface area contributed by atoms with E-state index < -0.39 is 45.0 Å². The number of methoxy groups -OCH3 is 1. The first kappa shape index (κ1) is 26.3. The standard InChI is InChI=1S/C22H26ClF2N7O3S/c1-11(20-26-7-14(23)8-27-20)13(3)36(33,34)9-17-30-31-21(16-6-5-15(16)19(24)25)32(17)18-12(2)28-10-29-22(18)35-4/h7-8,10-11,13,15-16,19H,5-6,9H2,1-4H3/t11-,13-,15-,16+/m0/s1. The molecule has 36 heavy (non-hydrogen) atoms. The van der Waals surface area contributed by atoms with Gasteiger partial charge in [0.1, 0.15) is 29.4 Å². The number of rotatable bonds is 9. The van der Waals surface area contributed by atoms with Crippen molar-refractivity contribution in [1.82, 2.24) is 34.7 Å². The Kier molecular flexibility index (Phi) is 7.51. The maximum Gasteiger partial charge on any atom is 0.242 e. The number of hydrogen-bond acceptors (Lipinski definition) is 9. The Morgan fingerprint density at radius 3 is 2.42 bits per heavy atom. The molecule has 0 amide bonds. The normalized spacial score (nSPS) is 19.7. The molecule has 3 aromatic heterocycles. The minimum Gasteiger partial charge on any atom is -0.479 e.